The number of aromatic nitrogens is 1. The van der Waals surface area contributed by atoms with Gasteiger partial charge in [-0.2, -0.15) is 0 Å². The fourth-order valence-electron chi connectivity index (χ4n) is 1.82. The van der Waals surface area contributed by atoms with Crippen LogP contribution in [0.4, 0.5) is 0 Å². The predicted octanol–water partition coefficient (Wildman–Crippen LogP) is 3.68. The van der Waals surface area contributed by atoms with Crippen molar-refractivity contribution in [1.82, 2.24) is 10.3 Å². The van der Waals surface area contributed by atoms with Crippen molar-refractivity contribution in [3.63, 3.8) is 0 Å². The standard InChI is InChI=1S/C16H19BrN2O2/c1-12-9-14(17)4-5-15(12)21-16-6-3-13(11-19-16)10-18-7-8-20-2/h3-6,9,11,18H,7-8,10H2,1-2H3. The molecule has 0 bridgehead atoms. The van der Waals surface area contributed by atoms with Gasteiger partial charge in [-0.3, -0.25) is 0 Å². The number of nitrogens with zero attached hydrogens (tertiary/aromatic N) is 1. The van der Waals surface area contributed by atoms with Crippen LogP contribution in [0.15, 0.2) is 41.0 Å². The quantitative estimate of drug-likeness (QED) is 0.773. The SMILES string of the molecule is COCCNCc1ccc(Oc2ccc(Br)cc2C)nc1. The molecule has 0 saturated heterocycles. The second kappa shape index (κ2) is 8.12. The first-order chi connectivity index (χ1) is 10.2. The molecule has 1 aromatic heterocycles. The van der Waals surface area contributed by atoms with Gasteiger partial charge in [-0.25, -0.2) is 4.98 Å². The largest absolute Gasteiger partial charge is 0.439 e. The smallest absolute Gasteiger partial charge is 0.219 e. The summed E-state index contributed by atoms with van der Waals surface area (Å²) in [5.41, 5.74) is 2.18. The van der Waals surface area contributed by atoms with Crippen molar-refractivity contribution >= 4 is 15.9 Å². The van der Waals surface area contributed by atoms with Crippen LogP contribution in [-0.4, -0.2) is 25.2 Å². The highest BCUT2D eigenvalue weighted by atomic mass is 79.9. The Hall–Kier alpha value is -1.43. The molecule has 0 atom stereocenters. The van der Waals surface area contributed by atoms with E-state index in [1.54, 1.807) is 7.11 Å². The number of ether oxygens (including phenoxy) is 2. The van der Waals surface area contributed by atoms with Crippen LogP contribution >= 0.6 is 15.9 Å². The number of nitrogens with one attached hydrogen (secondary N) is 1. The molecular weight excluding hydrogens is 332 g/mol. The molecule has 112 valence electrons. The number of methoxy groups -OCH3 is 1. The van der Waals surface area contributed by atoms with Crippen molar-refractivity contribution in [3.8, 4) is 11.6 Å². The highest BCUT2D eigenvalue weighted by Gasteiger charge is 2.03. The minimum Gasteiger partial charge on any atom is -0.439 e. The average molecular weight is 351 g/mol. The van der Waals surface area contributed by atoms with E-state index in [1.807, 2.05) is 43.5 Å². The number of benzene rings is 1. The van der Waals surface area contributed by atoms with Gasteiger partial charge in [-0.05, 0) is 36.2 Å². The van der Waals surface area contributed by atoms with E-state index >= 15 is 0 Å². The molecule has 1 heterocycles. The van der Waals surface area contributed by atoms with E-state index in [9.17, 15) is 0 Å². The van der Waals surface area contributed by atoms with Crippen LogP contribution in [0.1, 0.15) is 11.1 Å². The van der Waals surface area contributed by atoms with Crippen LogP contribution in [0.2, 0.25) is 0 Å². The maximum atomic E-state index is 5.79. The summed E-state index contributed by atoms with van der Waals surface area (Å²) in [6.45, 7) is 4.31. The van der Waals surface area contributed by atoms with Crippen LogP contribution in [0, 0.1) is 6.92 Å². The van der Waals surface area contributed by atoms with Gasteiger partial charge in [0.2, 0.25) is 5.88 Å². The molecule has 4 nitrogen and oxygen atoms in total. The molecular formula is C16H19BrN2O2. The third kappa shape index (κ3) is 5.12. The van der Waals surface area contributed by atoms with Gasteiger partial charge >= 0.3 is 0 Å². The number of hydrogen-bond donors (Lipinski definition) is 1. The second-order valence-electron chi connectivity index (χ2n) is 4.69. The molecule has 1 aromatic carbocycles. The van der Waals surface area contributed by atoms with Crippen molar-refractivity contribution < 1.29 is 9.47 Å². The van der Waals surface area contributed by atoms with Gasteiger partial charge in [0.25, 0.3) is 0 Å². The van der Waals surface area contributed by atoms with Crippen LogP contribution < -0.4 is 10.1 Å². The summed E-state index contributed by atoms with van der Waals surface area (Å²) >= 11 is 3.44. The van der Waals surface area contributed by atoms with Gasteiger partial charge in [0.05, 0.1) is 6.61 Å². The summed E-state index contributed by atoms with van der Waals surface area (Å²) < 4.78 is 11.8. The lowest BCUT2D eigenvalue weighted by atomic mass is 10.2. The lowest BCUT2D eigenvalue weighted by Gasteiger charge is -2.09. The number of rotatable bonds is 7. The Morgan fingerprint density at radius 2 is 2.10 bits per heavy atom. The third-order valence-corrected chi connectivity index (χ3v) is 3.45. The Kier molecular flexibility index (Phi) is 6.17. The molecule has 0 spiro atoms. The molecule has 0 amide bonds. The van der Waals surface area contributed by atoms with E-state index in [-0.39, 0.29) is 0 Å². The summed E-state index contributed by atoms with van der Waals surface area (Å²) in [7, 11) is 1.69. The third-order valence-electron chi connectivity index (χ3n) is 2.96. The van der Waals surface area contributed by atoms with Crippen LogP contribution in [0.5, 0.6) is 11.6 Å². The number of aryl methyl sites for hydroxylation is 1. The molecule has 0 fully saturated rings. The van der Waals surface area contributed by atoms with Crippen molar-refractivity contribution in [2.24, 2.45) is 0 Å². The molecule has 0 unspecified atom stereocenters. The molecule has 0 aliphatic heterocycles. The summed E-state index contributed by atoms with van der Waals surface area (Å²) in [4.78, 5) is 4.33. The van der Waals surface area contributed by atoms with E-state index in [2.05, 4.69) is 26.2 Å². The summed E-state index contributed by atoms with van der Waals surface area (Å²) in [5.74, 6) is 1.41. The molecule has 2 rings (SSSR count). The van der Waals surface area contributed by atoms with Gasteiger partial charge in [-0.15, -0.1) is 0 Å². The molecule has 2 aromatic rings. The monoisotopic (exact) mass is 350 g/mol. The van der Waals surface area contributed by atoms with Gasteiger partial charge < -0.3 is 14.8 Å². The highest BCUT2D eigenvalue weighted by molar-refractivity contribution is 9.10. The maximum Gasteiger partial charge on any atom is 0.219 e. The topological polar surface area (TPSA) is 43.4 Å². The Labute approximate surface area is 133 Å². The molecule has 1 N–H and O–H groups in total. The van der Waals surface area contributed by atoms with Crippen LogP contribution in [0.3, 0.4) is 0 Å². The fraction of sp³-hybridized carbons (Fsp3) is 0.312. The molecule has 0 saturated carbocycles. The summed E-state index contributed by atoms with van der Waals surface area (Å²) in [6, 6.07) is 9.80. The van der Waals surface area contributed by atoms with Crippen LogP contribution in [0.25, 0.3) is 0 Å². The summed E-state index contributed by atoms with van der Waals surface area (Å²) in [5, 5.41) is 3.28. The first kappa shape index (κ1) is 15.9. The number of halogens is 1. The normalized spacial score (nSPS) is 10.6. The average Bonchev–Trinajstić information content (AvgIpc) is 2.48. The lowest BCUT2D eigenvalue weighted by molar-refractivity contribution is 0.199. The minimum absolute atomic E-state index is 0.598. The van der Waals surface area contributed by atoms with Crippen molar-refractivity contribution in [1.29, 1.82) is 0 Å². The van der Waals surface area contributed by atoms with E-state index in [0.717, 1.165) is 34.4 Å². The Morgan fingerprint density at radius 1 is 1.24 bits per heavy atom. The van der Waals surface area contributed by atoms with Gasteiger partial charge in [-0.1, -0.05) is 22.0 Å². The number of pyridine rings is 1. The van der Waals surface area contributed by atoms with Crippen molar-refractivity contribution in [3.05, 3.63) is 52.1 Å². The minimum atomic E-state index is 0.598. The molecule has 21 heavy (non-hydrogen) atoms. The molecule has 5 heteroatoms. The van der Waals surface area contributed by atoms with E-state index in [4.69, 9.17) is 9.47 Å². The van der Waals surface area contributed by atoms with Gasteiger partial charge in [0.15, 0.2) is 0 Å². The predicted molar refractivity (Wildman–Crippen MR) is 86.8 cm³/mol. The van der Waals surface area contributed by atoms with Gasteiger partial charge in [0, 0.05) is 36.9 Å². The Bertz CT molecular complexity index is 573. The second-order valence-corrected chi connectivity index (χ2v) is 5.60. The zero-order valence-electron chi connectivity index (χ0n) is 12.2. The summed E-state index contributed by atoms with van der Waals surface area (Å²) in [6.07, 6.45) is 1.82. The van der Waals surface area contributed by atoms with Gasteiger partial charge in [0.1, 0.15) is 5.75 Å². The zero-order chi connectivity index (χ0) is 15.1. The Balaban J connectivity index is 1.92. The molecule has 0 aliphatic rings. The van der Waals surface area contributed by atoms with E-state index in [1.165, 1.54) is 0 Å². The molecule has 0 aliphatic carbocycles. The van der Waals surface area contributed by atoms with Crippen LogP contribution in [-0.2, 0) is 11.3 Å². The van der Waals surface area contributed by atoms with Crippen molar-refractivity contribution in [2.45, 2.75) is 13.5 Å². The Morgan fingerprint density at radius 3 is 2.76 bits per heavy atom. The highest BCUT2D eigenvalue weighted by Crippen LogP contribution is 2.26. The fourth-order valence-corrected chi connectivity index (χ4v) is 2.30. The van der Waals surface area contributed by atoms with Crippen molar-refractivity contribution in [2.75, 3.05) is 20.3 Å². The lowest BCUT2D eigenvalue weighted by Crippen LogP contribution is -2.18. The number of hydrogen-bond acceptors (Lipinski definition) is 4. The first-order valence-electron chi connectivity index (χ1n) is 6.77. The zero-order valence-corrected chi connectivity index (χ0v) is 13.8. The van der Waals surface area contributed by atoms with E-state index in [0.29, 0.717) is 12.5 Å². The van der Waals surface area contributed by atoms with E-state index < -0.39 is 0 Å². The molecule has 0 radical (unpaired) electrons. The first-order valence-corrected chi connectivity index (χ1v) is 7.57. The maximum absolute atomic E-state index is 5.79.